The second-order valence-corrected chi connectivity index (χ2v) is 7.49. The van der Waals surface area contributed by atoms with E-state index in [1.165, 1.54) is 23.9 Å². The molecule has 0 radical (unpaired) electrons. The number of carbonyl (C=O) groups is 1. The van der Waals surface area contributed by atoms with E-state index in [9.17, 15) is 9.18 Å². The monoisotopic (exact) mass is 378 g/mol. The smallest absolute Gasteiger partial charge is 0.274 e. The summed E-state index contributed by atoms with van der Waals surface area (Å²) in [4.78, 5) is 20.8. The summed E-state index contributed by atoms with van der Waals surface area (Å²) in [6, 6.07) is 15.7. The number of anilines is 2. The Balaban J connectivity index is 1.66. The Morgan fingerprint density at radius 2 is 1.75 bits per heavy atom. The highest BCUT2D eigenvalue weighted by Gasteiger charge is 2.14. The first-order chi connectivity index (χ1) is 13.3. The molecule has 0 bridgehead atoms. The van der Waals surface area contributed by atoms with Crippen molar-refractivity contribution in [1.29, 1.82) is 0 Å². The van der Waals surface area contributed by atoms with E-state index >= 15 is 0 Å². The molecule has 5 nitrogen and oxygen atoms in total. The van der Waals surface area contributed by atoms with E-state index < -0.39 is 0 Å². The van der Waals surface area contributed by atoms with Gasteiger partial charge in [0.05, 0.1) is 0 Å². The van der Waals surface area contributed by atoms with E-state index in [0.29, 0.717) is 11.3 Å². The van der Waals surface area contributed by atoms with Crippen LogP contribution in [0.1, 0.15) is 42.4 Å². The molecule has 1 heterocycles. The number of carbonyl (C=O) groups excluding carboxylic acids is 1. The summed E-state index contributed by atoms with van der Waals surface area (Å²) < 4.78 is 13.7. The third-order valence-corrected chi connectivity index (χ3v) is 4.29. The molecule has 0 aliphatic heterocycles. The molecule has 2 N–H and O–H groups in total. The zero-order valence-electron chi connectivity index (χ0n) is 16.2. The van der Waals surface area contributed by atoms with Crippen LogP contribution in [0.5, 0.6) is 0 Å². The van der Waals surface area contributed by atoms with Crippen molar-refractivity contribution in [1.82, 2.24) is 9.97 Å². The van der Waals surface area contributed by atoms with Crippen molar-refractivity contribution in [3.63, 3.8) is 0 Å². The number of aromatic nitrogens is 2. The van der Waals surface area contributed by atoms with Crippen molar-refractivity contribution in [2.24, 2.45) is 0 Å². The summed E-state index contributed by atoms with van der Waals surface area (Å²) in [7, 11) is 0. The van der Waals surface area contributed by atoms with Crippen LogP contribution < -0.4 is 10.6 Å². The van der Waals surface area contributed by atoms with Crippen molar-refractivity contribution in [3.8, 4) is 0 Å². The van der Waals surface area contributed by atoms with E-state index in [-0.39, 0.29) is 35.3 Å². The summed E-state index contributed by atoms with van der Waals surface area (Å²) in [5.41, 5.74) is 2.66. The minimum absolute atomic E-state index is 0.0496. The normalized spacial score (nSPS) is 11.1. The first-order valence-electron chi connectivity index (χ1n) is 9.05. The van der Waals surface area contributed by atoms with Crippen molar-refractivity contribution < 1.29 is 9.18 Å². The third kappa shape index (κ3) is 4.91. The molecule has 0 spiro atoms. The van der Waals surface area contributed by atoms with Crippen LogP contribution >= 0.6 is 0 Å². The molecular formula is C22H23FN4O. The van der Waals surface area contributed by atoms with Crippen LogP contribution in [0.3, 0.4) is 0 Å². The lowest BCUT2D eigenvalue weighted by Gasteiger charge is -2.19. The van der Waals surface area contributed by atoms with Gasteiger partial charge in [-0.15, -0.1) is 0 Å². The number of rotatable bonds is 5. The zero-order valence-corrected chi connectivity index (χ0v) is 16.2. The molecule has 3 aromatic rings. The van der Waals surface area contributed by atoms with E-state index in [4.69, 9.17) is 0 Å². The molecule has 0 saturated heterocycles. The van der Waals surface area contributed by atoms with Crippen molar-refractivity contribution in [2.75, 3.05) is 10.6 Å². The molecule has 0 unspecified atom stereocenters. The highest BCUT2D eigenvalue weighted by Crippen LogP contribution is 2.23. The maximum atomic E-state index is 13.7. The fraction of sp³-hybridized carbons (Fsp3) is 0.227. The summed E-state index contributed by atoms with van der Waals surface area (Å²) >= 11 is 0. The van der Waals surface area contributed by atoms with Gasteiger partial charge in [-0.2, -0.15) is 0 Å². The Kier molecular flexibility index (Phi) is 5.68. The highest BCUT2D eigenvalue weighted by molar-refractivity contribution is 6.02. The van der Waals surface area contributed by atoms with E-state index in [0.717, 1.165) is 0 Å². The predicted molar refractivity (Wildman–Crippen MR) is 109 cm³/mol. The van der Waals surface area contributed by atoms with Gasteiger partial charge in [0.1, 0.15) is 11.5 Å². The molecule has 2 aromatic carbocycles. The van der Waals surface area contributed by atoms with E-state index in [2.05, 4.69) is 41.4 Å². The molecule has 0 fully saturated rings. The van der Waals surface area contributed by atoms with E-state index in [1.54, 1.807) is 18.2 Å². The van der Waals surface area contributed by atoms with Crippen LogP contribution in [0, 0.1) is 5.82 Å². The maximum Gasteiger partial charge on any atom is 0.274 e. The topological polar surface area (TPSA) is 66.9 Å². The predicted octanol–water partition coefficient (Wildman–Crippen LogP) is 4.78. The molecule has 144 valence electrons. The summed E-state index contributed by atoms with van der Waals surface area (Å²) in [6.07, 6.45) is 1.49. The SMILES string of the molecule is CC(C)(C)c1ccc(NC(=O)c2ccnc(NCc3ccccc3F)n2)cc1. The second kappa shape index (κ2) is 8.17. The molecule has 0 aliphatic carbocycles. The minimum Gasteiger partial charge on any atom is -0.350 e. The third-order valence-electron chi connectivity index (χ3n) is 4.29. The lowest BCUT2D eigenvalue weighted by Crippen LogP contribution is -2.16. The van der Waals surface area contributed by atoms with Crippen molar-refractivity contribution >= 4 is 17.5 Å². The van der Waals surface area contributed by atoms with Gasteiger partial charge in [-0.05, 0) is 35.2 Å². The quantitative estimate of drug-likeness (QED) is 0.671. The Hall–Kier alpha value is -3.28. The van der Waals surface area contributed by atoms with Gasteiger partial charge in [0.25, 0.3) is 5.91 Å². The van der Waals surface area contributed by atoms with Crippen molar-refractivity contribution in [2.45, 2.75) is 32.7 Å². The van der Waals surface area contributed by atoms with Gasteiger partial charge in [0.2, 0.25) is 5.95 Å². The molecule has 0 atom stereocenters. The summed E-state index contributed by atoms with van der Waals surface area (Å²) in [6.45, 7) is 6.64. The standard InChI is InChI=1S/C22H23FN4O/c1-22(2,3)16-8-10-17(11-9-16)26-20(28)19-12-13-24-21(27-19)25-14-15-6-4-5-7-18(15)23/h4-13H,14H2,1-3H3,(H,26,28)(H,24,25,27). The summed E-state index contributed by atoms with van der Waals surface area (Å²) in [5, 5.41) is 5.77. The summed E-state index contributed by atoms with van der Waals surface area (Å²) in [5.74, 6) is -0.374. The van der Waals surface area contributed by atoms with Crippen LogP contribution in [0.25, 0.3) is 0 Å². The Morgan fingerprint density at radius 1 is 1.04 bits per heavy atom. The number of nitrogens with one attached hydrogen (secondary N) is 2. The lowest BCUT2D eigenvalue weighted by atomic mass is 9.87. The van der Waals surface area contributed by atoms with Crippen LogP contribution in [-0.4, -0.2) is 15.9 Å². The first-order valence-corrected chi connectivity index (χ1v) is 9.05. The van der Waals surface area contributed by atoms with Gasteiger partial charge < -0.3 is 10.6 Å². The lowest BCUT2D eigenvalue weighted by molar-refractivity contribution is 0.102. The fourth-order valence-corrected chi connectivity index (χ4v) is 2.64. The first kappa shape index (κ1) is 19.5. The van der Waals surface area contributed by atoms with Gasteiger partial charge in [-0.25, -0.2) is 14.4 Å². The minimum atomic E-state index is -0.333. The largest absolute Gasteiger partial charge is 0.350 e. The molecule has 1 amide bonds. The van der Waals surface area contributed by atoms with Gasteiger partial charge in [-0.1, -0.05) is 51.1 Å². The second-order valence-electron chi connectivity index (χ2n) is 7.49. The Labute approximate surface area is 164 Å². The van der Waals surface area contributed by atoms with Crippen LogP contribution in [0.4, 0.5) is 16.0 Å². The molecule has 3 rings (SSSR count). The van der Waals surface area contributed by atoms with Gasteiger partial charge in [-0.3, -0.25) is 4.79 Å². The van der Waals surface area contributed by atoms with Gasteiger partial charge >= 0.3 is 0 Å². The molecular weight excluding hydrogens is 355 g/mol. The number of hydrogen-bond donors (Lipinski definition) is 2. The fourth-order valence-electron chi connectivity index (χ4n) is 2.64. The molecule has 0 saturated carbocycles. The molecule has 1 aromatic heterocycles. The Morgan fingerprint density at radius 3 is 2.43 bits per heavy atom. The molecule has 28 heavy (non-hydrogen) atoms. The van der Waals surface area contributed by atoms with Crippen LogP contribution in [-0.2, 0) is 12.0 Å². The van der Waals surface area contributed by atoms with Gasteiger partial charge in [0, 0.05) is 24.0 Å². The number of halogens is 1. The average molecular weight is 378 g/mol. The van der Waals surface area contributed by atoms with Crippen LogP contribution in [0.15, 0.2) is 60.8 Å². The zero-order chi connectivity index (χ0) is 20.1. The molecule has 6 heteroatoms. The number of amides is 1. The van der Waals surface area contributed by atoms with Crippen molar-refractivity contribution in [3.05, 3.63) is 83.4 Å². The van der Waals surface area contributed by atoms with Gasteiger partial charge in [0.15, 0.2) is 0 Å². The average Bonchev–Trinajstić information content (AvgIpc) is 2.67. The van der Waals surface area contributed by atoms with E-state index in [1.807, 2.05) is 24.3 Å². The number of hydrogen-bond acceptors (Lipinski definition) is 4. The maximum absolute atomic E-state index is 13.7. The Bertz CT molecular complexity index is 965. The highest BCUT2D eigenvalue weighted by atomic mass is 19.1. The molecule has 0 aliphatic rings. The van der Waals surface area contributed by atoms with Crippen LogP contribution in [0.2, 0.25) is 0 Å². The number of benzene rings is 2. The number of nitrogens with zero attached hydrogens (tertiary/aromatic N) is 2.